The number of nitrogens with two attached hydrogens (primary N) is 1. The first-order valence-electron chi connectivity index (χ1n) is 11.7. The van der Waals surface area contributed by atoms with Gasteiger partial charge in [-0.05, 0) is 71.1 Å². The number of pyridine rings is 1. The minimum absolute atomic E-state index is 0.402. The maximum absolute atomic E-state index is 12.0. The van der Waals surface area contributed by atoms with Crippen molar-refractivity contribution >= 4 is 37.8 Å². The Bertz CT molecular complexity index is 1410. The number of carbonyl (C=O) groups is 1. The number of ether oxygens (including phenoxy) is 1. The molecule has 0 unspecified atom stereocenters. The molecule has 3 aromatic carbocycles. The van der Waals surface area contributed by atoms with Crippen LogP contribution in [0.25, 0.3) is 0 Å². The van der Waals surface area contributed by atoms with Crippen LogP contribution in [0.2, 0.25) is 0 Å². The van der Waals surface area contributed by atoms with Gasteiger partial charge in [0.15, 0.2) is 0 Å². The van der Waals surface area contributed by atoms with E-state index >= 15 is 0 Å². The van der Waals surface area contributed by atoms with E-state index in [1.165, 1.54) is 16.7 Å². The Labute approximate surface area is 227 Å². The highest BCUT2D eigenvalue weighted by Crippen LogP contribution is 2.28. The van der Waals surface area contributed by atoms with Crippen molar-refractivity contribution in [3.8, 4) is 11.6 Å². The predicted octanol–water partition coefficient (Wildman–Crippen LogP) is 6.65. The minimum atomic E-state index is -0.500. The largest absolute Gasteiger partial charge is 0.439 e. The van der Waals surface area contributed by atoms with Gasteiger partial charge in [-0.25, -0.2) is 4.98 Å². The van der Waals surface area contributed by atoms with Gasteiger partial charge in [0, 0.05) is 41.1 Å². The van der Waals surface area contributed by atoms with Gasteiger partial charge in [0.1, 0.15) is 5.75 Å². The van der Waals surface area contributed by atoms with E-state index in [4.69, 9.17) is 10.5 Å². The SMILES string of the molecule is NC(=O)c1ccc(Oc2ccc3c(c2)CCN(Cc2ccc(Br)cc2)C3)nc1Cc1cccc(Br)c1. The summed E-state index contributed by atoms with van der Waals surface area (Å²) in [6.45, 7) is 2.84. The molecule has 0 radical (unpaired) electrons. The summed E-state index contributed by atoms with van der Waals surface area (Å²) < 4.78 is 8.19. The lowest BCUT2D eigenvalue weighted by Gasteiger charge is -2.29. The zero-order chi connectivity index (χ0) is 25.1. The van der Waals surface area contributed by atoms with Crippen molar-refractivity contribution < 1.29 is 9.53 Å². The molecule has 0 aliphatic carbocycles. The van der Waals surface area contributed by atoms with Crippen LogP contribution >= 0.6 is 31.9 Å². The average molecular weight is 607 g/mol. The molecule has 0 saturated heterocycles. The number of primary amides is 1. The molecule has 36 heavy (non-hydrogen) atoms. The summed E-state index contributed by atoms with van der Waals surface area (Å²) in [5.41, 5.74) is 11.6. The number of nitrogens with zero attached hydrogens (tertiary/aromatic N) is 2. The Hall–Kier alpha value is -3.00. The molecule has 1 aromatic heterocycles. The van der Waals surface area contributed by atoms with Crippen molar-refractivity contribution in [3.63, 3.8) is 0 Å². The van der Waals surface area contributed by atoms with Crippen molar-refractivity contribution in [1.29, 1.82) is 0 Å². The van der Waals surface area contributed by atoms with E-state index in [2.05, 4.69) is 78.1 Å². The smallest absolute Gasteiger partial charge is 0.250 e. The number of fused-ring (bicyclic) bond motifs is 1. The van der Waals surface area contributed by atoms with E-state index in [0.29, 0.717) is 23.6 Å². The minimum Gasteiger partial charge on any atom is -0.439 e. The topological polar surface area (TPSA) is 68.5 Å². The Morgan fingerprint density at radius 2 is 1.75 bits per heavy atom. The lowest BCUT2D eigenvalue weighted by atomic mass is 9.99. The van der Waals surface area contributed by atoms with Gasteiger partial charge in [-0.3, -0.25) is 9.69 Å². The Balaban J connectivity index is 1.30. The molecule has 5 nitrogen and oxygen atoms in total. The molecule has 1 aliphatic heterocycles. The highest BCUT2D eigenvalue weighted by Gasteiger charge is 2.18. The third kappa shape index (κ3) is 6.03. The van der Waals surface area contributed by atoms with Crippen LogP contribution in [0.5, 0.6) is 11.6 Å². The monoisotopic (exact) mass is 605 g/mol. The molecule has 0 atom stereocenters. The zero-order valence-electron chi connectivity index (χ0n) is 19.6. The molecule has 5 rings (SSSR count). The lowest BCUT2D eigenvalue weighted by Crippen LogP contribution is -2.30. The third-order valence-corrected chi connectivity index (χ3v) is 7.31. The van der Waals surface area contributed by atoms with Crippen LogP contribution in [0.15, 0.2) is 87.8 Å². The fourth-order valence-corrected chi connectivity index (χ4v) is 5.20. The molecular formula is C29H25Br2N3O2. The van der Waals surface area contributed by atoms with E-state index in [0.717, 1.165) is 46.3 Å². The molecule has 0 fully saturated rings. The maximum Gasteiger partial charge on any atom is 0.250 e. The first kappa shape index (κ1) is 24.7. The van der Waals surface area contributed by atoms with Crippen molar-refractivity contribution in [2.24, 2.45) is 5.73 Å². The predicted molar refractivity (Wildman–Crippen MR) is 148 cm³/mol. The van der Waals surface area contributed by atoms with Gasteiger partial charge in [-0.1, -0.05) is 62.2 Å². The fourth-order valence-electron chi connectivity index (χ4n) is 4.49. The van der Waals surface area contributed by atoms with Crippen LogP contribution < -0.4 is 10.5 Å². The zero-order valence-corrected chi connectivity index (χ0v) is 22.8. The number of benzene rings is 3. The van der Waals surface area contributed by atoms with Crippen molar-refractivity contribution in [2.75, 3.05) is 6.54 Å². The van der Waals surface area contributed by atoms with E-state index < -0.39 is 5.91 Å². The molecule has 2 heterocycles. The van der Waals surface area contributed by atoms with Crippen LogP contribution in [-0.4, -0.2) is 22.3 Å². The Morgan fingerprint density at radius 1 is 0.917 bits per heavy atom. The second-order valence-corrected chi connectivity index (χ2v) is 10.8. The van der Waals surface area contributed by atoms with Crippen LogP contribution in [-0.2, 0) is 25.9 Å². The highest BCUT2D eigenvalue weighted by atomic mass is 79.9. The molecule has 4 aromatic rings. The third-order valence-electron chi connectivity index (χ3n) is 6.29. The van der Waals surface area contributed by atoms with Gasteiger partial charge in [0.05, 0.1) is 11.3 Å². The van der Waals surface area contributed by atoms with E-state index in [9.17, 15) is 4.79 Å². The molecule has 2 N–H and O–H groups in total. The number of rotatable bonds is 7. The van der Waals surface area contributed by atoms with Crippen molar-refractivity contribution in [2.45, 2.75) is 25.9 Å². The van der Waals surface area contributed by atoms with Gasteiger partial charge in [0.25, 0.3) is 5.91 Å². The normalized spacial score (nSPS) is 13.3. The molecule has 7 heteroatoms. The summed E-state index contributed by atoms with van der Waals surface area (Å²) in [6, 6.07) is 26.0. The summed E-state index contributed by atoms with van der Waals surface area (Å²) in [7, 11) is 0. The molecule has 1 amide bonds. The summed E-state index contributed by atoms with van der Waals surface area (Å²) in [5, 5.41) is 0. The van der Waals surface area contributed by atoms with Gasteiger partial charge >= 0.3 is 0 Å². The van der Waals surface area contributed by atoms with E-state index in [1.807, 2.05) is 30.3 Å². The molecule has 0 bridgehead atoms. The maximum atomic E-state index is 12.0. The highest BCUT2D eigenvalue weighted by molar-refractivity contribution is 9.10. The first-order valence-corrected chi connectivity index (χ1v) is 13.3. The van der Waals surface area contributed by atoms with Crippen LogP contribution in [0.3, 0.4) is 0 Å². The van der Waals surface area contributed by atoms with Gasteiger partial charge in [-0.2, -0.15) is 0 Å². The number of carbonyl (C=O) groups excluding carboxylic acids is 1. The van der Waals surface area contributed by atoms with Crippen molar-refractivity contribution in [1.82, 2.24) is 9.88 Å². The summed E-state index contributed by atoms with van der Waals surface area (Å²) in [5.74, 6) is 0.681. The first-order chi connectivity index (χ1) is 17.4. The molecule has 1 aliphatic rings. The van der Waals surface area contributed by atoms with Crippen molar-refractivity contribution in [3.05, 3.63) is 121 Å². The van der Waals surface area contributed by atoms with Gasteiger partial charge in [0.2, 0.25) is 5.88 Å². The standard InChI is InChI=1S/C29H25Br2N3O2/c30-23-7-4-19(5-8-23)17-34-13-12-21-16-25(9-6-22(21)18-34)36-28-11-10-26(29(32)35)27(33-28)15-20-2-1-3-24(31)14-20/h1-11,14,16H,12-13,15,17-18H2,(H2,32,35). The van der Waals surface area contributed by atoms with Gasteiger partial charge in [-0.15, -0.1) is 0 Å². The number of hydrogen-bond acceptors (Lipinski definition) is 4. The average Bonchev–Trinajstić information content (AvgIpc) is 2.85. The molecule has 0 saturated carbocycles. The number of aromatic nitrogens is 1. The Morgan fingerprint density at radius 3 is 2.53 bits per heavy atom. The summed E-state index contributed by atoms with van der Waals surface area (Å²) >= 11 is 6.99. The fraction of sp³-hybridized carbons (Fsp3) is 0.172. The van der Waals surface area contributed by atoms with Crippen LogP contribution in [0.1, 0.15) is 38.3 Å². The number of halogens is 2. The van der Waals surface area contributed by atoms with Crippen LogP contribution in [0.4, 0.5) is 0 Å². The van der Waals surface area contributed by atoms with Gasteiger partial charge < -0.3 is 10.5 Å². The number of amides is 1. The number of hydrogen-bond donors (Lipinski definition) is 1. The Kier molecular flexibility index (Phi) is 7.51. The molecule has 182 valence electrons. The summed E-state index contributed by atoms with van der Waals surface area (Å²) in [4.78, 5) is 19.1. The van der Waals surface area contributed by atoms with E-state index in [-0.39, 0.29) is 0 Å². The van der Waals surface area contributed by atoms with E-state index in [1.54, 1.807) is 12.1 Å². The second-order valence-electron chi connectivity index (χ2n) is 8.93. The second kappa shape index (κ2) is 10.9. The summed E-state index contributed by atoms with van der Waals surface area (Å²) in [6.07, 6.45) is 1.44. The molecular weight excluding hydrogens is 582 g/mol. The van der Waals surface area contributed by atoms with Crippen LogP contribution in [0, 0.1) is 0 Å². The quantitative estimate of drug-likeness (QED) is 0.256. The lowest BCUT2D eigenvalue weighted by molar-refractivity contribution is 0.0999. The molecule has 0 spiro atoms.